The molecule has 0 radical (unpaired) electrons. The SMILES string of the molecule is CC(=O)Nc1c(C)ccc(F)c1C(=O)O. The summed E-state index contributed by atoms with van der Waals surface area (Å²) in [5.74, 6) is -2.71. The van der Waals surface area contributed by atoms with Crippen LogP contribution in [0.15, 0.2) is 12.1 Å². The highest BCUT2D eigenvalue weighted by Gasteiger charge is 2.18. The molecule has 0 bridgehead atoms. The number of hydrogen-bond acceptors (Lipinski definition) is 2. The average molecular weight is 211 g/mol. The number of halogens is 1. The Morgan fingerprint density at radius 1 is 1.40 bits per heavy atom. The zero-order chi connectivity index (χ0) is 11.6. The summed E-state index contributed by atoms with van der Waals surface area (Å²) in [6, 6.07) is 2.47. The van der Waals surface area contributed by atoms with Crippen molar-refractivity contribution in [1.29, 1.82) is 0 Å². The van der Waals surface area contributed by atoms with Crippen LogP contribution in [0.4, 0.5) is 10.1 Å². The van der Waals surface area contributed by atoms with Crippen molar-refractivity contribution in [3.8, 4) is 0 Å². The van der Waals surface area contributed by atoms with Crippen LogP contribution >= 0.6 is 0 Å². The quantitative estimate of drug-likeness (QED) is 0.783. The van der Waals surface area contributed by atoms with Crippen molar-refractivity contribution in [2.24, 2.45) is 0 Å². The number of nitrogens with one attached hydrogen (secondary N) is 1. The first-order valence-electron chi connectivity index (χ1n) is 4.23. The lowest BCUT2D eigenvalue weighted by Gasteiger charge is -2.10. The Labute approximate surface area is 85.7 Å². The minimum Gasteiger partial charge on any atom is -0.478 e. The van der Waals surface area contributed by atoms with Crippen molar-refractivity contribution in [3.05, 3.63) is 29.1 Å². The second-order valence-electron chi connectivity index (χ2n) is 3.10. The number of anilines is 1. The average Bonchev–Trinajstić information content (AvgIpc) is 2.10. The molecule has 4 nitrogen and oxygen atoms in total. The van der Waals surface area contributed by atoms with Gasteiger partial charge in [-0.05, 0) is 18.6 Å². The molecule has 0 fully saturated rings. The number of aromatic carboxylic acids is 1. The molecule has 0 aliphatic rings. The fraction of sp³-hybridized carbons (Fsp3) is 0.200. The summed E-state index contributed by atoms with van der Waals surface area (Å²) < 4.78 is 13.2. The van der Waals surface area contributed by atoms with Gasteiger partial charge in [0.2, 0.25) is 5.91 Å². The van der Waals surface area contributed by atoms with Gasteiger partial charge in [0.25, 0.3) is 0 Å². The molecule has 1 aromatic carbocycles. The third-order valence-corrected chi connectivity index (χ3v) is 1.88. The Morgan fingerprint density at radius 2 is 2.00 bits per heavy atom. The smallest absolute Gasteiger partial charge is 0.340 e. The predicted molar refractivity (Wildman–Crippen MR) is 52.4 cm³/mol. The van der Waals surface area contributed by atoms with Crippen LogP contribution in [-0.2, 0) is 4.79 Å². The van der Waals surface area contributed by atoms with E-state index in [-0.39, 0.29) is 5.69 Å². The lowest BCUT2D eigenvalue weighted by atomic mass is 10.1. The lowest BCUT2D eigenvalue weighted by Crippen LogP contribution is -2.13. The van der Waals surface area contributed by atoms with E-state index in [1.807, 2.05) is 0 Å². The predicted octanol–water partition coefficient (Wildman–Crippen LogP) is 1.79. The Balaban J connectivity index is 3.38. The summed E-state index contributed by atoms with van der Waals surface area (Å²) in [5, 5.41) is 11.1. The Hall–Kier alpha value is -1.91. The van der Waals surface area contributed by atoms with Gasteiger partial charge in [-0.3, -0.25) is 4.79 Å². The van der Waals surface area contributed by atoms with Crippen LogP contribution < -0.4 is 5.32 Å². The zero-order valence-corrected chi connectivity index (χ0v) is 8.30. The van der Waals surface area contributed by atoms with Crippen LogP contribution in [0.25, 0.3) is 0 Å². The van der Waals surface area contributed by atoms with Gasteiger partial charge in [0.15, 0.2) is 0 Å². The topological polar surface area (TPSA) is 66.4 Å². The van der Waals surface area contributed by atoms with Crippen molar-refractivity contribution in [2.45, 2.75) is 13.8 Å². The largest absolute Gasteiger partial charge is 0.478 e. The molecule has 0 aliphatic heterocycles. The molecule has 1 amide bonds. The fourth-order valence-electron chi connectivity index (χ4n) is 1.23. The number of rotatable bonds is 2. The van der Waals surface area contributed by atoms with Crippen LogP contribution in [0, 0.1) is 12.7 Å². The lowest BCUT2D eigenvalue weighted by molar-refractivity contribution is -0.114. The molecule has 0 heterocycles. The summed E-state index contributed by atoms with van der Waals surface area (Å²) >= 11 is 0. The summed E-state index contributed by atoms with van der Waals surface area (Å²) in [6.07, 6.45) is 0. The fourth-order valence-corrected chi connectivity index (χ4v) is 1.23. The van der Waals surface area contributed by atoms with E-state index in [1.54, 1.807) is 6.92 Å². The zero-order valence-electron chi connectivity index (χ0n) is 8.30. The molecule has 0 saturated carbocycles. The molecule has 80 valence electrons. The maximum Gasteiger partial charge on any atom is 0.340 e. The van der Waals surface area contributed by atoms with Crippen molar-refractivity contribution in [2.75, 3.05) is 5.32 Å². The first-order valence-corrected chi connectivity index (χ1v) is 4.23. The van der Waals surface area contributed by atoms with E-state index in [0.29, 0.717) is 5.56 Å². The third kappa shape index (κ3) is 2.31. The number of amides is 1. The van der Waals surface area contributed by atoms with Gasteiger partial charge in [0, 0.05) is 6.92 Å². The van der Waals surface area contributed by atoms with E-state index in [1.165, 1.54) is 13.0 Å². The number of carbonyl (C=O) groups excluding carboxylic acids is 1. The molecular formula is C10H10FNO3. The Bertz CT molecular complexity index is 429. The van der Waals surface area contributed by atoms with Crippen LogP contribution in [0.3, 0.4) is 0 Å². The van der Waals surface area contributed by atoms with E-state index < -0.39 is 23.3 Å². The van der Waals surface area contributed by atoms with E-state index in [2.05, 4.69) is 5.32 Å². The summed E-state index contributed by atoms with van der Waals surface area (Å²) in [6.45, 7) is 2.83. The minimum atomic E-state index is -1.40. The van der Waals surface area contributed by atoms with Gasteiger partial charge < -0.3 is 10.4 Å². The molecule has 1 rings (SSSR count). The Kier molecular flexibility index (Phi) is 3.04. The number of carbonyl (C=O) groups is 2. The molecular weight excluding hydrogens is 201 g/mol. The molecule has 0 aliphatic carbocycles. The molecule has 1 aromatic rings. The summed E-state index contributed by atoms with van der Waals surface area (Å²) in [7, 11) is 0. The number of carboxylic acids is 1. The molecule has 0 unspecified atom stereocenters. The minimum absolute atomic E-state index is 0.00926. The van der Waals surface area contributed by atoms with E-state index in [0.717, 1.165) is 6.07 Å². The van der Waals surface area contributed by atoms with Gasteiger partial charge >= 0.3 is 5.97 Å². The number of carboxylic acid groups (broad SMARTS) is 1. The molecule has 0 spiro atoms. The summed E-state index contributed by atoms with van der Waals surface area (Å²) in [4.78, 5) is 21.6. The van der Waals surface area contributed by atoms with Crippen molar-refractivity contribution >= 4 is 17.6 Å². The maximum atomic E-state index is 13.2. The molecule has 0 saturated heterocycles. The van der Waals surface area contributed by atoms with Crippen LogP contribution in [0.5, 0.6) is 0 Å². The number of benzene rings is 1. The van der Waals surface area contributed by atoms with E-state index in [4.69, 9.17) is 5.11 Å². The van der Waals surface area contributed by atoms with Gasteiger partial charge in [-0.2, -0.15) is 0 Å². The van der Waals surface area contributed by atoms with E-state index in [9.17, 15) is 14.0 Å². The molecule has 5 heteroatoms. The second-order valence-corrected chi connectivity index (χ2v) is 3.10. The highest BCUT2D eigenvalue weighted by atomic mass is 19.1. The monoisotopic (exact) mass is 211 g/mol. The third-order valence-electron chi connectivity index (χ3n) is 1.88. The van der Waals surface area contributed by atoms with Gasteiger partial charge in [-0.1, -0.05) is 6.07 Å². The number of aryl methyl sites for hydroxylation is 1. The first-order chi connectivity index (χ1) is 6.93. The van der Waals surface area contributed by atoms with Crippen molar-refractivity contribution < 1.29 is 19.1 Å². The van der Waals surface area contributed by atoms with Crippen molar-refractivity contribution in [3.63, 3.8) is 0 Å². The molecule has 0 atom stereocenters. The normalized spacial score (nSPS) is 9.80. The first kappa shape index (κ1) is 11.2. The molecule has 15 heavy (non-hydrogen) atoms. The highest BCUT2D eigenvalue weighted by Crippen LogP contribution is 2.23. The van der Waals surface area contributed by atoms with Crippen LogP contribution in [-0.4, -0.2) is 17.0 Å². The van der Waals surface area contributed by atoms with Gasteiger partial charge in [-0.15, -0.1) is 0 Å². The highest BCUT2D eigenvalue weighted by molar-refractivity contribution is 6.01. The van der Waals surface area contributed by atoms with Gasteiger partial charge in [-0.25, -0.2) is 9.18 Å². The van der Waals surface area contributed by atoms with Gasteiger partial charge in [0.1, 0.15) is 11.4 Å². The Morgan fingerprint density at radius 3 is 2.47 bits per heavy atom. The standard InChI is InChI=1S/C10H10FNO3/c1-5-3-4-7(11)8(10(14)15)9(5)12-6(2)13/h3-4H,1-2H3,(H,12,13)(H,14,15). The summed E-state index contributed by atoms with van der Waals surface area (Å²) in [5.41, 5.74) is 0.00389. The van der Waals surface area contributed by atoms with Crippen LogP contribution in [0.1, 0.15) is 22.8 Å². The van der Waals surface area contributed by atoms with Crippen LogP contribution in [0.2, 0.25) is 0 Å². The number of hydrogen-bond donors (Lipinski definition) is 2. The maximum absolute atomic E-state index is 13.2. The van der Waals surface area contributed by atoms with Crippen molar-refractivity contribution in [1.82, 2.24) is 0 Å². The molecule has 2 N–H and O–H groups in total. The molecule has 0 aromatic heterocycles. The van der Waals surface area contributed by atoms with E-state index >= 15 is 0 Å². The second kappa shape index (κ2) is 4.08. The van der Waals surface area contributed by atoms with Gasteiger partial charge in [0.05, 0.1) is 5.69 Å².